The first-order valence-electron chi connectivity index (χ1n) is 6.56. The first kappa shape index (κ1) is 16.6. The number of aliphatic hydroxyl groups is 6. The summed E-state index contributed by atoms with van der Waals surface area (Å²) in [6.45, 7) is -1.03. The van der Waals surface area contributed by atoms with Gasteiger partial charge < -0.3 is 44.8 Å². The summed E-state index contributed by atoms with van der Waals surface area (Å²) in [6, 6.07) is 0. The van der Waals surface area contributed by atoms with Gasteiger partial charge in [0.05, 0.1) is 19.5 Å². The summed E-state index contributed by atoms with van der Waals surface area (Å²) in [7, 11) is 0. The molecule has 0 aliphatic carbocycles. The van der Waals surface area contributed by atoms with Crippen LogP contribution in [-0.4, -0.2) is 92.9 Å². The molecule has 0 radical (unpaired) electrons. The molecule has 2 aliphatic heterocycles. The van der Waals surface area contributed by atoms with Crippen LogP contribution in [0, 0.1) is 0 Å². The summed E-state index contributed by atoms with van der Waals surface area (Å²) in [5.74, 6) is 0. The van der Waals surface area contributed by atoms with Crippen LogP contribution in [0.4, 0.5) is 0 Å². The van der Waals surface area contributed by atoms with Gasteiger partial charge in [0.2, 0.25) is 0 Å². The molecule has 5 unspecified atom stereocenters. The maximum atomic E-state index is 9.85. The third-order valence-electron chi connectivity index (χ3n) is 3.55. The van der Waals surface area contributed by atoms with E-state index in [1.54, 1.807) is 0 Å². The molecule has 2 heterocycles. The molecule has 0 saturated carbocycles. The summed E-state index contributed by atoms with van der Waals surface area (Å²) in [4.78, 5) is 0. The van der Waals surface area contributed by atoms with E-state index in [9.17, 15) is 25.5 Å². The highest BCUT2D eigenvalue weighted by molar-refractivity contribution is 4.99. The first-order valence-corrected chi connectivity index (χ1v) is 6.56. The zero-order chi connectivity index (χ0) is 15.6. The molecule has 122 valence electrons. The van der Waals surface area contributed by atoms with Gasteiger partial charge in [-0.15, -0.1) is 0 Å². The van der Waals surface area contributed by atoms with Crippen LogP contribution in [0.2, 0.25) is 0 Å². The van der Waals surface area contributed by atoms with Crippen LogP contribution in [0.15, 0.2) is 12.3 Å². The van der Waals surface area contributed by atoms with Crippen molar-refractivity contribution in [2.24, 2.45) is 0 Å². The Bertz CT molecular complexity index is 361. The number of ether oxygens (including phenoxy) is 3. The Morgan fingerprint density at radius 2 is 1.57 bits per heavy atom. The lowest BCUT2D eigenvalue weighted by molar-refractivity contribution is -0.324. The fourth-order valence-electron chi connectivity index (χ4n) is 2.28. The van der Waals surface area contributed by atoms with Gasteiger partial charge in [-0.25, -0.2) is 0 Å². The second kappa shape index (κ2) is 6.99. The van der Waals surface area contributed by atoms with Gasteiger partial charge in [0.25, 0.3) is 0 Å². The molecular formula is C12H20O9. The molecule has 21 heavy (non-hydrogen) atoms. The summed E-state index contributed by atoms with van der Waals surface area (Å²) < 4.78 is 15.6. The van der Waals surface area contributed by atoms with Crippen molar-refractivity contribution in [3.05, 3.63) is 12.3 Å². The standard InChI is InChI=1S/C12H20O9/c13-3-6-8(16)9(17)10(18)12(20-6)21-11-5(15)1-2-19-7(11)4-14/h1-2,5-18H,3-4H2/t5?,6?,7?,8-,9-,10+,11?,12?/m0/s1. The molecule has 9 nitrogen and oxygen atoms in total. The molecular weight excluding hydrogens is 288 g/mol. The van der Waals surface area contributed by atoms with Crippen molar-refractivity contribution < 1.29 is 44.8 Å². The van der Waals surface area contributed by atoms with Crippen LogP contribution in [0.25, 0.3) is 0 Å². The van der Waals surface area contributed by atoms with E-state index in [0.29, 0.717) is 0 Å². The van der Waals surface area contributed by atoms with E-state index in [1.807, 2.05) is 0 Å². The summed E-state index contributed by atoms with van der Waals surface area (Å²) in [5.41, 5.74) is 0. The van der Waals surface area contributed by atoms with Crippen molar-refractivity contribution in [1.29, 1.82) is 0 Å². The topological polar surface area (TPSA) is 149 Å². The minimum absolute atomic E-state index is 0.441. The lowest BCUT2D eigenvalue weighted by atomic mass is 9.99. The number of hydrogen-bond acceptors (Lipinski definition) is 9. The third kappa shape index (κ3) is 3.35. The summed E-state index contributed by atoms with van der Waals surface area (Å²) >= 11 is 0. The molecule has 2 aliphatic rings. The maximum absolute atomic E-state index is 9.85. The molecule has 0 bridgehead atoms. The fourth-order valence-corrected chi connectivity index (χ4v) is 2.28. The lowest BCUT2D eigenvalue weighted by Gasteiger charge is -2.42. The van der Waals surface area contributed by atoms with Crippen molar-refractivity contribution in [3.8, 4) is 0 Å². The van der Waals surface area contributed by atoms with E-state index in [0.717, 1.165) is 0 Å². The quantitative estimate of drug-likeness (QED) is 0.310. The van der Waals surface area contributed by atoms with Crippen LogP contribution in [0.5, 0.6) is 0 Å². The molecule has 0 aromatic heterocycles. The Balaban J connectivity index is 2.08. The van der Waals surface area contributed by atoms with Crippen LogP contribution in [0.1, 0.15) is 0 Å². The van der Waals surface area contributed by atoms with Gasteiger partial charge in [0.15, 0.2) is 6.29 Å². The molecule has 0 amide bonds. The van der Waals surface area contributed by atoms with Crippen LogP contribution in [0.3, 0.4) is 0 Å². The molecule has 1 saturated heterocycles. The van der Waals surface area contributed by atoms with Gasteiger partial charge in [0.1, 0.15) is 42.7 Å². The Hall–Kier alpha value is -0.780. The van der Waals surface area contributed by atoms with Crippen molar-refractivity contribution in [1.82, 2.24) is 0 Å². The van der Waals surface area contributed by atoms with E-state index in [-0.39, 0.29) is 0 Å². The molecule has 2 rings (SSSR count). The highest BCUT2D eigenvalue weighted by Gasteiger charge is 2.46. The largest absolute Gasteiger partial charge is 0.493 e. The van der Waals surface area contributed by atoms with Gasteiger partial charge in [-0.3, -0.25) is 0 Å². The summed E-state index contributed by atoms with van der Waals surface area (Å²) in [5, 5.41) is 57.3. The van der Waals surface area contributed by atoms with E-state index in [2.05, 4.69) is 0 Å². The molecule has 6 N–H and O–H groups in total. The second-order valence-corrected chi connectivity index (χ2v) is 4.97. The minimum atomic E-state index is -1.58. The molecule has 0 aromatic rings. The Kier molecular flexibility index (Phi) is 5.52. The fraction of sp³-hybridized carbons (Fsp3) is 0.833. The zero-order valence-corrected chi connectivity index (χ0v) is 11.1. The molecule has 1 fully saturated rings. The summed E-state index contributed by atoms with van der Waals surface area (Å²) in [6.07, 6.45) is -7.68. The number of rotatable bonds is 4. The average molecular weight is 308 g/mol. The second-order valence-electron chi connectivity index (χ2n) is 4.97. The third-order valence-corrected chi connectivity index (χ3v) is 3.55. The van der Waals surface area contributed by atoms with Crippen molar-refractivity contribution in [2.75, 3.05) is 13.2 Å². The first-order chi connectivity index (χ1) is 9.99. The minimum Gasteiger partial charge on any atom is -0.493 e. The highest BCUT2D eigenvalue weighted by Crippen LogP contribution is 2.26. The van der Waals surface area contributed by atoms with Crippen molar-refractivity contribution >= 4 is 0 Å². The Morgan fingerprint density at radius 1 is 0.905 bits per heavy atom. The molecule has 0 spiro atoms. The van der Waals surface area contributed by atoms with E-state index in [4.69, 9.17) is 19.3 Å². The smallest absolute Gasteiger partial charge is 0.187 e. The van der Waals surface area contributed by atoms with Gasteiger partial charge in [0, 0.05) is 0 Å². The van der Waals surface area contributed by atoms with Gasteiger partial charge >= 0.3 is 0 Å². The van der Waals surface area contributed by atoms with E-state index >= 15 is 0 Å². The van der Waals surface area contributed by atoms with Crippen LogP contribution in [-0.2, 0) is 14.2 Å². The maximum Gasteiger partial charge on any atom is 0.187 e. The lowest BCUT2D eigenvalue weighted by Crippen LogP contribution is -2.61. The van der Waals surface area contributed by atoms with Gasteiger partial charge in [-0.05, 0) is 6.08 Å². The average Bonchev–Trinajstić information content (AvgIpc) is 2.49. The number of aliphatic hydroxyl groups excluding tert-OH is 6. The van der Waals surface area contributed by atoms with Crippen molar-refractivity contribution in [2.45, 2.75) is 49.0 Å². The predicted octanol–water partition coefficient (Wildman–Crippen LogP) is -3.56. The van der Waals surface area contributed by atoms with Crippen LogP contribution >= 0.6 is 0 Å². The normalized spacial score (nSPS) is 47.1. The van der Waals surface area contributed by atoms with Crippen molar-refractivity contribution in [3.63, 3.8) is 0 Å². The Labute approximate surface area is 120 Å². The monoisotopic (exact) mass is 308 g/mol. The van der Waals surface area contributed by atoms with Crippen LogP contribution < -0.4 is 0 Å². The predicted molar refractivity (Wildman–Crippen MR) is 65.7 cm³/mol. The van der Waals surface area contributed by atoms with Gasteiger partial charge in [-0.2, -0.15) is 0 Å². The molecule has 0 aromatic carbocycles. The highest BCUT2D eigenvalue weighted by atomic mass is 16.7. The van der Waals surface area contributed by atoms with E-state index < -0.39 is 62.2 Å². The Morgan fingerprint density at radius 3 is 2.19 bits per heavy atom. The van der Waals surface area contributed by atoms with Gasteiger partial charge in [-0.1, -0.05) is 0 Å². The molecule has 8 atom stereocenters. The molecule has 9 heteroatoms. The number of hydrogen-bond donors (Lipinski definition) is 6. The zero-order valence-electron chi connectivity index (χ0n) is 11.1. The van der Waals surface area contributed by atoms with E-state index in [1.165, 1.54) is 12.3 Å². The SMILES string of the molecule is OCC1OC=CC(O)C1OC1OC(CO)[C@H](O)[C@H](O)[C@H]1O.